The molecule has 2 rings (SSSR count). The minimum Gasteiger partial charge on any atom is -0.310 e. The van der Waals surface area contributed by atoms with Crippen LogP contribution in [-0.2, 0) is 6.54 Å². The van der Waals surface area contributed by atoms with Gasteiger partial charge in [0, 0.05) is 33.9 Å². The van der Waals surface area contributed by atoms with Crippen molar-refractivity contribution in [1.82, 2.24) is 10.2 Å². The van der Waals surface area contributed by atoms with E-state index in [0.29, 0.717) is 6.04 Å². The van der Waals surface area contributed by atoms with E-state index in [1.807, 2.05) is 11.3 Å². The lowest BCUT2D eigenvalue weighted by molar-refractivity contribution is 0.171. The third-order valence-corrected chi connectivity index (χ3v) is 5.07. The molecule has 1 aromatic heterocycles. The molecule has 1 aromatic rings. The molecule has 1 saturated heterocycles. The van der Waals surface area contributed by atoms with E-state index in [2.05, 4.69) is 44.5 Å². The minimum absolute atomic E-state index is 0.665. The Labute approximate surface area is 117 Å². The molecule has 0 aromatic carbocycles. The van der Waals surface area contributed by atoms with Crippen molar-refractivity contribution in [2.24, 2.45) is 0 Å². The first-order chi connectivity index (χ1) is 8.25. The molecule has 0 aliphatic carbocycles. The summed E-state index contributed by atoms with van der Waals surface area (Å²) < 4.78 is 1.20. The summed E-state index contributed by atoms with van der Waals surface area (Å²) in [7, 11) is 0. The maximum absolute atomic E-state index is 3.56. The number of piperidine rings is 1. The molecule has 1 N–H and O–H groups in total. The smallest absolute Gasteiger partial charge is 0.0300 e. The average molecular weight is 317 g/mol. The normalized spacial score (nSPS) is 19.4. The number of likely N-dealkylation sites (tertiary alicyclic amines) is 1. The summed E-state index contributed by atoms with van der Waals surface area (Å²) in [5, 5.41) is 5.70. The van der Waals surface area contributed by atoms with Gasteiger partial charge in [-0.2, -0.15) is 0 Å². The lowest BCUT2D eigenvalue weighted by atomic mass is 10.1. The number of hydrogen-bond donors (Lipinski definition) is 1. The van der Waals surface area contributed by atoms with E-state index in [9.17, 15) is 0 Å². The molecule has 17 heavy (non-hydrogen) atoms. The SMILES string of the molecule is CC(CNCc1cc(Br)cs1)N1CCCCC1. The van der Waals surface area contributed by atoms with Crippen LogP contribution in [0.1, 0.15) is 31.1 Å². The molecule has 4 heteroatoms. The molecule has 2 heterocycles. The van der Waals surface area contributed by atoms with Crippen molar-refractivity contribution in [3.63, 3.8) is 0 Å². The van der Waals surface area contributed by atoms with Crippen LogP contribution in [0.3, 0.4) is 0 Å². The molecule has 1 aliphatic rings. The van der Waals surface area contributed by atoms with Crippen molar-refractivity contribution in [2.75, 3.05) is 19.6 Å². The van der Waals surface area contributed by atoms with Crippen LogP contribution in [0, 0.1) is 0 Å². The zero-order valence-corrected chi connectivity index (χ0v) is 12.8. The highest BCUT2D eigenvalue weighted by molar-refractivity contribution is 9.10. The van der Waals surface area contributed by atoms with Crippen molar-refractivity contribution in [3.05, 3.63) is 20.8 Å². The minimum atomic E-state index is 0.665. The van der Waals surface area contributed by atoms with Crippen LogP contribution >= 0.6 is 27.3 Å². The molecule has 0 bridgehead atoms. The molecule has 1 fully saturated rings. The second-order valence-electron chi connectivity index (χ2n) is 4.81. The fourth-order valence-electron chi connectivity index (χ4n) is 2.34. The lowest BCUT2D eigenvalue weighted by Crippen LogP contribution is -2.42. The van der Waals surface area contributed by atoms with Gasteiger partial charge in [0.25, 0.3) is 0 Å². The van der Waals surface area contributed by atoms with Crippen molar-refractivity contribution in [2.45, 2.75) is 38.8 Å². The predicted octanol–water partition coefficient (Wildman–Crippen LogP) is 3.47. The van der Waals surface area contributed by atoms with E-state index in [4.69, 9.17) is 0 Å². The van der Waals surface area contributed by atoms with Gasteiger partial charge < -0.3 is 5.32 Å². The number of nitrogens with zero attached hydrogens (tertiary/aromatic N) is 1. The van der Waals surface area contributed by atoms with E-state index in [-0.39, 0.29) is 0 Å². The van der Waals surface area contributed by atoms with E-state index in [0.717, 1.165) is 13.1 Å². The first kappa shape index (κ1) is 13.5. The first-order valence-corrected chi connectivity index (χ1v) is 8.10. The highest BCUT2D eigenvalue weighted by Crippen LogP contribution is 2.19. The molecule has 96 valence electrons. The van der Waals surface area contributed by atoms with Crippen LogP contribution in [0.2, 0.25) is 0 Å². The molecule has 0 saturated carbocycles. The molecule has 0 spiro atoms. The van der Waals surface area contributed by atoms with Gasteiger partial charge in [-0.25, -0.2) is 0 Å². The van der Waals surface area contributed by atoms with Gasteiger partial charge in [-0.3, -0.25) is 4.90 Å². The second kappa shape index (κ2) is 6.88. The Morgan fingerprint density at radius 1 is 1.41 bits per heavy atom. The Hall–Kier alpha value is 0.1000. The summed E-state index contributed by atoms with van der Waals surface area (Å²) in [4.78, 5) is 4.02. The van der Waals surface area contributed by atoms with Crippen LogP contribution in [0.5, 0.6) is 0 Å². The number of nitrogens with one attached hydrogen (secondary N) is 1. The Balaban J connectivity index is 1.67. The Bertz CT molecular complexity index is 334. The first-order valence-electron chi connectivity index (χ1n) is 6.43. The topological polar surface area (TPSA) is 15.3 Å². The van der Waals surface area contributed by atoms with E-state index in [1.54, 1.807) is 0 Å². The van der Waals surface area contributed by atoms with Crippen molar-refractivity contribution in [3.8, 4) is 0 Å². The molecule has 1 aliphatic heterocycles. The Morgan fingerprint density at radius 2 is 2.18 bits per heavy atom. The van der Waals surface area contributed by atoms with Crippen LogP contribution in [0.15, 0.2) is 15.9 Å². The summed E-state index contributed by atoms with van der Waals surface area (Å²) >= 11 is 5.30. The van der Waals surface area contributed by atoms with Crippen molar-refractivity contribution >= 4 is 27.3 Å². The summed E-state index contributed by atoms with van der Waals surface area (Å²) in [5.41, 5.74) is 0. The van der Waals surface area contributed by atoms with Crippen LogP contribution < -0.4 is 5.32 Å². The highest BCUT2D eigenvalue weighted by atomic mass is 79.9. The quantitative estimate of drug-likeness (QED) is 0.894. The number of hydrogen-bond acceptors (Lipinski definition) is 3. The van der Waals surface area contributed by atoms with Crippen LogP contribution in [-0.4, -0.2) is 30.6 Å². The highest BCUT2D eigenvalue weighted by Gasteiger charge is 2.15. The van der Waals surface area contributed by atoms with Gasteiger partial charge >= 0.3 is 0 Å². The van der Waals surface area contributed by atoms with Gasteiger partial charge in [0.05, 0.1) is 0 Å². The standard InChI is InChI=1S/C13H21BrN2S/c1-11(16-5-3-2-4-6-16)8-15-9-13-7-12(14)10-17-13/h7,10-11,15H,2-6,8-9H2,1H3. The number of rotatable bonds is 5. The maximum atomic E-state index is 3.56. The number of thiophene rings is 1. The fourth-order valence-corrected chi connectivity index (χ4v) is 3.76. The van der Waals surface area contributed by atoms with E-state index in [1.165, 1.54) is 41.7 Å². The Morgan fingerprint density at radius 3 is 2.82 bits per heavy atom. The van der Waals surface area contributed by atoms with E-state index >= 15 is 0 Å². The van der Waals surface area contributed by atoms with Gasteiger partial charge in [0.1, 0.15) is 0 Å². The van der Waals surface area contributed by atoms with Gasteiger partial charge in [0.2, 0.25) is 0 Å². The third kappa shape index (κ3) is 4.36. The fraction of sp³-hybridized carbons (Fsp3) is 0.692. The largest absolute Gasteiger partial charge is 0.310 e. The van der Waals surface area contributed by atoms with Gasteiger partial charge in [0.15, 0.2) is 0 Å². The zero-order valence-electron chi connectivity index (χ0n) is 10.4. The summed E-state index contributed by atoms with van der Waals surface area (Å²) in [6.45, 7) is 6.99. The summed E-state index contributed by atoms with van der Waals surface area (Å²) in [6, 6.07) is 2.86. The van der Waals surface area contributed by atoms with E-state index < -0.39 is 0 Å². The second-order valence-corrected chi connectivity index (χ2v) is 6.72. The maximum Gasteiger partial charge on any atom is 0.0300 e. The van der Waals surface area contributed by atoms with Gasteiger partial charge in [-0.15, -0.1) is 11.3 Å². The summed E-state index contributed by atoms with van der Waals surface area (Å²) in [5.74, 6) is 0. The molecule has 1 atom stereocenters. The van der Waals surface area contributed by atoms with Crippen LogP contribution in [0.4, 0.5) is 0 Å². The predicted molar refractivity (Wildman–Crippen MR) is 78.6 cm³/mol. The molecule has 0 radical (unpaired) electrons. The lowest BCUT2D eigenvalue weighted by Gasteiger charge is -2.32. The van der Waals surface area contributed by atoms with Gasteiger partial charge in [-0.05, 0) is 54.9 Å². The zero-order chi connectivity index (χ0) is 12.1. The van der Waals surface area contributed by atoms with Crippen molar-refractivity contribution < 1.29 is 0 Å². The summed E-state index contributed by atoms with van der Waals surface area (Å²) in [6.07, 6.45) is 4.17. The molecular formula is C13H21BrN2S. The molecule has 1 unspecified atom stereocenters. The third-order valence-electron chi connectivity index (χ3n) is 3.37. The molecule has 2 nitrogen and oxygen atoms in total. The number of halogens is 1. The van der Waals surface area contributed by atoms with Crippen LogP contribution in [0.25, 0.3) is 0 Å². The molecular weight excluding hydrogens is 296 g/mol. The monoisotopic (exact) mass is 316 g/mol. The molecule has 0 amide bonds. The van der Waals surface area contributed by atoms with Crippen molar-refractivity contribution in [1.29, 1.82) is 0 Å². The average Bonchev–Trinajstić information content (AvgIpc) is 2.76. The van der Waals surface area contributed by atoms with Gasteiger partial charge in [-0.1, -0.05) is 6.42 Å². The Kier molecular flexibility index (Phi) is 5.48.